The number of aryl methyl sites for hydroxylation is 4. The standard InChI is InChI=1S/C82H86N2O12/c1-39(2)51-23-27-59(43(9)31-51)93-63-35-55-67-56(78(86)83(77(55)85)75(81(89)90)47(13)49-19-15-16-20-49)37-65(95-61-29-25-53(41(5)6)33-45(61)11)71-72-66(96-62-30-26-54(42(7)8)34-46(62)12)38-58-68-57(79(87)84(80(58)88)76(82(91)92)48(14)50-21-17-18-22-50)36-64(70(74(68)72)69(63)73(67)71)94-60-28-24-52(40(3)4)32-44(60)10/h23-42,47-50,75-76H,15-22H2,1-14H3,(H,89,90)(H,91,92). The molecule has 4 aliphatic rings. The molecule has 496 valence electrons. The van der Waals surface area contributed by atoms with Gasteiger partial charge in [0.2, 0.25) is 0 Å². The molecule has 2 saturated carbocycles. The van der Waals surface area contributed by atoms with E-state index >= 15 is 19.2 Å². The molecule has 13 rings (SSSR count). The number of ether oxygens (including phenoxy) is 4. The van der Waals surface area contributed by atoms with Gasteiger partial charge in [-0.2, -0.15) is 0 Å². The molecule has 4 unspecified atom stereocenters. The van der Waals surface area contributed by atoms with Gasteiger partial charge in [-0.3, -0.25) is 29.0 Å². The highest BCUT2D eigenvalue weighted by Crippen LogP contribution is 2.59. The fraction of sp³-hybridized carbons (Fsp3) is 0.390. The monoisotopic (exact) mass is 1290 g/mol. The van der Waals surface area contributed by atoms with Crippen LogP contribution in [0.1, 0.15) is 230 Å². The van der Waals surface area contributed by atoms with Crippen LogP contribution >= 0.6 is 0 Å². The van der Waals surface area contributed by atoms with Crippen LogP contribution < -0.4 is 18.9 Å². The van der Waals surface area contributed by atoms with Crippen molar-refractivity contribution in [3.05, 3.63) is 164 Å². The Kier molecular flexibility index (Phi) is 17.0. The van der Waals surface area contributed by atoms with E-state index in [4.69, 9.17) is 18.9 Å². The van der Waals surface area contributed by atoms with Gasteiger partial charge in [-0.25, -0.2) is 9.59 Å². The van der Waals surface area contributed by atoms with Crippen molar-refractivity contribution in [2.45, 2.75) is 184 Å². The summed E-state index contributed by atoms with van der Waals surface area (Å²) in [5.41, 5.74) is 7.25. The molecule has 96 heavy (non-hydrogen) atoms. The number of hydrogen-bond donors (Lipinski definition) is 2. The van der Waals surface area contributed by atoms with Gasteiger partial charge in [-0.05, 0) is 168 Å². The molecule has 0 aromatic heterocycles. The molecule has 14 nitrogen and oxygen atoms in total. The van der Waals surface area contributed by atoms with E-state index in [-0.39, 0.29) is 91.5 Å². The lowest BCUT2D eigenvalue weighted by Gasteiger charge is -2.38. The van der Waals surface area contributed by atoms with Gasteiger partial charge in [0.1, 0.15) is 58.1 Å². The molecule has 0 saturated heterocycles. The fourth-order valence-electron chi connectivity index (χ4n) is 16.1. The van der Waals surface area contributed by atoms with Gasteiger partial charge < -0.3 is 29.2 Å². The van der Waals surface area contributed by atoms with E-state index in [1.165, 1.54) is 0 Å². The Morgan fingerprint density at radius 1 is 0.344 bits per heavy atom. The summed E-state index contributed by atoms with van der Waals surface area (Å²) in [5.74, 6) is -4.57. The number of hydrogen-bond acceptors (Lipinski definition) is 10. The summed E-state index contributed by atoms with van der Waals surface area (Å²) in [6.07, 6.45) is 6.60. The van der Waals surface area contributed by atoms with Crippen molar-refractivity contribution in [1.29, 1.82) is 0 Å². The van der Waals surface area contributed by atoms with Crippen molar-refractivity contribution in [3.63, 3.8) is 0 Å². The quantitative estimate of drug-likeness (QED) is 0.0418. The first-order chi connectivity index (χ1) is 45.7. The van der Waals surface area contributed by atoms with Crippen molar-refractivity contribution in [2.75, 3.05) is 0 Å². The topological polar surface area (TPSA) is 186 Å². The molecule has 0 spiro atoms. The molecule has 14 heteroatoms. The highest BCUT2D eigenvalue weighted by Gasteiger charge is 2.50. The van der Waals surface area contributed by atoms with Gasteiger partial charge in [-0.15, -0.1) is 0 Å². The number of carbonyl (C=O) groups is 6. The van der Waals surface area contributed by atoms with Gasteiger partial charge in [0, 0.05) is 43.1 Å². The average molecular weight is 1290 g/mol. The van der Waals surface area contributed by atoms with E-state index in [0.717, 1.165) is 106 Å². The summed E-state index contributed by atoms with van der Waals surface area (Å²) < 4.78 is 29.6. The van der Waals surface area contributed by atoms with E-state index in [2.05, 4.69) is 55.4 Å². The number of aliphatic carboxylic acids is 2. The molecule has 2 fully saturated rings. The van der Waals surface area contributed by atoms with E-state index in [0.29, 0.717) is 55.3 Å². The summed E-state index contributed by atoms with van der Waals surface area (Å²) in [7, 11) is 0. The highest BCUT2D eigenvalue weighted by atomic mass is 16.5. The Bertz CT molecular complexity index is 4190. The van der Waals surface area contributed by atoms with E-state index in [9.17, 15) is 19.8 Å². The van der Waals surface area contributed by atoms with Crippen LogP contribution in [0.5, 0.6) is 46.0 Å². The van der Waals surface area contributed by atoms with Crippen LogP contribution in [0.3, 0.4) is 0 Å². The number of carbonyl (C=O) groups excluding carboxylic acids is 4. The molecule has 4 atom stereocenters. The van der Waals surface area contributed by atoms with Crippen LogP contribution in [-0.4, -0.2) is 67.7 Å². The Labute approximate surface area is 561 Å². The third-order valence-corrected chi connectivity index (χ3v) is 21.6. The predicted octanol–water partition coefficient (Wildman–Crippen LogP) is 20.4. The molecule has 9 aromatic rings. The molecular weight excluding hydrogens is 1200 g/mol. The first-order valence-electron chi connectivity index (χ1n) is 34.4. The SMILES string of the molecule is Cc1cc(C(C)C)ccc1Oc1cc2c3c(cc(Oc4ccc(C(C)C)cc4C)c4c5c(Oc6ccc(C(C)C)cc6C)cc6c7c(cc(Oc8ccc(C(C)C)cc8C)c(c1c34)c75)C(=O)N(C(C(=O)O)C(C)C1CCCC1)C6=O)C(=O)N(C(C(=O)O)C(C)C1CCCC1)C2=O. The van der Waals surface area contributed by atoms with Crippen molar-refractivity contribution in [3.8, 4) is 46.0 Å². The third kappa shape index (κ3) is 11.0. The molecule has 9 aromatic carbocycles. The number of fused-ring (bicyclic) bond motifs is 2. The molecule has 2 aliphatic carbocycles. The van der Waals surface area contributed by atoms with Crippen LogP contribution in [0.2, 0.25) is 0 Å². The maximum absolute atomic E-state index is 16.2. The highest BCUT2D eigenvalue weighted by molar-refractivity contribution is 6.45. The van der Waals surface area contributed by atoms with Crippen molar-refractivity contribution in [1.82, 2.24) is 9.80 Å². The van der Waals surface area contributed by atoms with Crippen molar-refractivity contribution in [2.24, 2.45) is 23.7 Å². The number of nitrogens with zero attached hydrogens (tertiary/aromatic N) is 2. The molecule has 4 amide bonds. The lowest BCUT2D eigenvalue weighted by atomic mass is 9.79. The lowest BCUT2D eigenvalue weighted by molar-refractivity contribution is -0.144. The van der Waals surface area contributed by atoms with Crippen molar-refractivity contribution >= 4 is 78.7 Å². The second kappa shape index (κ2) is 25.0. The Morgan fingerprint density at radius 3 is 0.771 bits per heavy atom. The molecular formula is C82H86N2O12. The smallest absolute Gasteiger partial charge is 0.327 e. The number of rotatable bonds is 20. The zero-order valence-electron chi connectivity index (χ0n) is 57.5. The Morgan fingerprint density at radius 2 is 0.573 bits per heavy atom. The molecule has 2 heterocycles. The van der Waals surface area contributed by atoms with Crippen LogP contribution in [0.15, 0.2) is 97.1 Å². The maximum Gasteiger partial charge on any atom is 0.327 e. The van der Waals surface area contributed by atoms with Crippen molar-refractivity contribution < 1.29 is 57.9 Å². The van der Waals surface area contributed by atoms with Crippen LogP contribution in [-0.2, 0) is 9.59 Å². The number of benzene rings is 9. The van der Waals surface area contributed by atoms with Gasteiger partial charge in [0.15, 0.2) is 0 Å². The average Bonchev–Trinajstić information content (AvgIpc) is 0.814. The summed E-state index contributed by atoms with van der Waals surface area (Å²) in [4.78, 5) is 94.9. The van der Waals surface area contributed by atoms with E-state index in [1.807, 2.05) is 114 Å². The maximum atomic E-state index is 16.2. The summed E-state index contributed by atoms with van der Waals surface area (Å²) >= 11 is 0. The minimum atomic E-state index is -1.56. The van der Waals surface area contributed by atoms with Crippen LogP contribution in [0.25, 0.3) is 43.1 Å². The summed E-state index contributed by atoms with van der Waals surface area (Å²) in [5, 5.41) is 25.1. The second-order valence-electron chi connectivity index (χ2n) is 29.1. The first kappa shape index (κ1) is 65.4. The summed E-state index contributed by atoms with van der Waals surface area (Å²) in [6, 6.07) is 26.9. The Balaban J connectivity index is 1.25. The molecule has 2 aliphatic heterocycles. The zero-order valence-corrected chi connectivity index (χ0v) is 57.5. The molecule has 2 N–H and O–H groups in total. The van der Waals surface area contributed by atoms with E-state index < -0.39 is 59.5 Å². The predicted molar refractivity (Wildman–Crippen MR) is 375 cm³/mol. The zero-order chi connectivity index (χ0) is 68.4. The first-order valence-corrected chi connectivity index (χ1v) is 34.4. The Hall–Kier alpha value is -9.30. The lowest BCUT2D eigenvalue weighted by Crippen LogP contribution is -2.54. The van der Waals surface area contributed by atoms with Gasteiger partial charge in [-0.1, -0.05) is 169 Å². The number of carboxylic acids is 2. The van der Waals surface area contributed by atoms with E-state index in [1.54, 1.807) is 24.3 Å². The van der Waals surface area contributed by atoms with Crippen LogP contribution in [0.4, 0.5) is 0 Å². The van der Waals surface area contributed by atoms with Gasteiger partial charge in [0.05, 0.1) is 22.3 Å². The normalized spacial score (nSPS) is 16.6. The third-order valence-electron chi connectivity index (χ3n) is 21.6. The molecule has 0 bridgehead atoms. The molecule has 0 radical (unpaired) electrons. The van der Waals surface area contributed by atoms with Crippen LogP contribution in [0, 0.1) is 51.4 Å². The number of imide groups is 2. The second-order valence-corrected chi connectivity index (χ2v) is 29.1. The fourth-order valence-corrected chi connectivity index (χ4v) is 16.1. The largest absolute Gasteiger partial charge is 0.480 e. The minimum absolute atomic E-state index is 0.00117. The van der Waals surface area contributed by atoms with Gasteiger partial charge >= 0.3 is 11.9 Å². The number of amides is 4. The number of carboxylic acid groups (broad SMARTS) is 2. The van der Waals surface area contributed by atoms with Gasteiger partial charge in [0.25, 0.3) is 23.6 Å². The minimum Gasteiger partial charge on any atom is -0.480 e. The summed E-state index contributed by atoms with van der Waals surface area (Å²) in [6.45, 7) is 28.2.